The molecule has 0 bridgehead atoms. The van der Waals surface area contributed by atoms with Crippen LogP contribution >= 0.6 is 0 Å². The zero-order chi connectivity index (χ0) is 9.10. The molecule has 1 saturated heterocycles. The van der Waals surface area contributed by atoms with Gasteiger partial charge in [-0.15, -0.1) is 0 Å². The van der Waals surface area contributed by atoms with E-state index in [2.05, 4.69) is 0 Å². The highest BCUT2D eigenvalue weighted by molar-refractivity contribution is 4.79. The fourth-order valence-corrected chi connectivity index (χ4v) is 2.17. The van der Waals surface area contributed by atoms with Crippen molar-refractivity contribution in [2.24, 2.45) is 11.7 Å². The molecule has 2 fully saturated rings. The Kier molecular flexibility index (Phi) is 3.23. The van der Waals surface area contributed by atoms with Gasteiger partial charge in [-0.05, 0) is 38.0 Å². The fraction of sp³-hybridized carbons (Fsp3) is 1.00. The van der Waals surface area contributed by atoms with Crippen LogP contribution in [0.5, 0.6) is 0 Å². The van der Waals surface area contributed by atoms with Gasteiger partial charge >= 0.3 is 0 Å². The molecule has 0 radical (unpaired) electrons. The van der Waals surface area contributed by atoms with E-state index < -0.39 is 0 Å². The van der Waals surface area contributed by atoms with Crippen molar-refractivity contribution in [2.75, 3.05) is 6.61 Å². The van der Waals surface area contributed by atoms with Crippen molar-refractivity contribution in [3.63, 3.8) is 0 Å². The van der Waals surface area contributed by atoms with Crippen LogP contribution in [0.15, 0.2) is 0 Å². The summed E-state index contributed by atoms with van der Waals surface area (Å²) in [5.74, 6) is 0.972. The molecule has 2 atom stereocenters. The summed E-state index contributed by atoms with van der Waals surface area (Å²) in [6.07, 6.45) is 9.51. The van der Waals surface area contributed by atoms with Crippen molar-refractivity contribution >= 4 is 0 Å². The highest BCUT2D eigenvalue weighted by atomic mass is 16.5. The van der Waals surface area contributed by atoms with Gasteiger partial charge in [-0.1, -0.05) is 12.8 Å². The number of rotatable bonds is 5. The van der Waals surface area contributed by atoms with E-state index in [1.807, 2.05) is 0 Å². The second kappa shape index (κ2) is 4.43. The third kappa shape index (κ3) is 3.28. The van der Waals surface area contributed by atoms with Crippen LogP contribution in [-0.4, -0.2) is 18.8 Å². The number of hydrogen-bond donors (Lipinski definition) is 1. The van der Waals surface area contributed by atoms with Crippen molar-refractivity contribution in [3.8, 4) is 0 Å². The highest BCUT2D eigenvalue weighted by Gasteiger charge is 2.24. The van der Waals surface area contributed by atoms with Crippen molar-refractivity contribution in [1.82, 2.24) is 0 Å². The molecule has 1 heterocycles. The molecular formula is C11H21NO. The molecule has 2 N–H and O–H groups in total. The zero-order valence-electron chi connectivity index (χ0n) is 8.37. The first-order valence-electron chi connectivity index (χ1n) is 5.72. The fourth-order valence-electron chi connectivity index (χ4n) is 2.17. The second-order valence-electron chi connectivity index (χ2n) is 4.65. The maximum atomic E-state index is 6.04. The predicted octanol–water partition coefficient (Wildman–Crippen LogP) is 2.07. The summed E-state index contributed by atoms with van der Waals surface area (Å²) in [5.41, 5.74) is 6.04. The molecule has 13 heavy (non-hydrogen) atoms. The van der Waals surface area contributed by atoms with Gasteiger partial charge in [-0.25, -0.2) is 0 Å². The topological polar surface area (TPSA) is 35.2 Å². The molecule has 0 amide bonds. The van der Waals surface area contributed by atoms with Crippen LogP contribution in [0, 0.1) is 5.92 Å². The molecule has 2 unspecified atom stereocenters. The van der Waals surface area contributed by atoms with Gasteiger partial charge in [0.05, 0.1) is 6.10 Å². The number of nitrogens with two attached hydrogens (primary N) is 1. The van der Waals surface area contributed by atoms with E-state index in [-0.39, 0.29) is 0 Å². The lowest BCUT2D eigenvalue weighted by Crippen LogP contribution is -2.22. The Labute approximate surface area is 80.8 Å². The third-order valence-electron chi connectivity index (χ3n) is 3.22. The Morgan fingerprint density at radius 3 is 2.77 bits per heavy atom. The molecule has 2 rings (SSSR count). The lowest BCUT2D eigenvalue weighted by Gasteiger charge is -2.13. The van der Waals surface area contributed by atoms with Crippen LogP contribution in [-0.2, 0) is 4.74 Å². The molecule has 2 aliphatic rings. The molecule has 0 spiro atoms. The third-order valence-corrected chi connectivity index (χ3v) is 3.22. The van der Waals surface area contributed by atoms with Gasteiger partial charge in [0.1, 0.15) is 0 Å². The van der Waals surface area contributed by atoms with E-state index in [0.29, 0.717) is 12.1 Å². The minimum absolute atomic E-state index is 0.441. The van der Waals surface area contributed by atoms with Gasteiger partial charge in [0.25, 0.3) is 0 Å². The summed E-state index contributed by atoms with van der Waals surface area (Å²) < 4.78 is 5.57. The van der Waals surface area contributed by atoms with Crippen LogP contribution < -0.4 is 5.73 Å². The normalized spacial score (nSPS) is 30.7. The highest BCUT2D eigenvalue weighted by Crippen LogP contribution is 2.34. The standard InChI is InChI=1S/C11H21NO/c12-10(8-9-3-4-9)5-6-11-2-1-7-13-11/h9-11H,1-8,12H2. The molecule has 0 aromatic carbocycles. The van der Waals surface area contributed by atoms with Crippen molar-refractivity contribution in [1.29, 1.82) is 0 Å². The summed E-state index contributed by atoms with van der Waals surface area (Å²) in [4.78, 5) is 0. The smallest absolute Gasteiger partial charge is 0.0576 e. The van der Waals surface area contributed by atoms with Crippen molar-refractivity contribution in [3.05, 3.63) is 0 Å². The zero-order valence-corrected chi connectivity index (χ0v) is 8.37. The average molecular weight is 183 g/mol. The van der Waals surface area contributed by atoms with E-state index in [0.717, 1.165) is 12.5 Å². The van der Waals surface area contributed by atoms with E-state index in [1.165, 1.54) is 44.9 Å². The molecule has 1 aliphatic carbocycles. The van der Waals surface area contributed by atoms with E-state index >= 15 is 0 Å². The van der Waals surface area contributed by atoms with Crippen LogP contribution in [0.4, 0.5) is 0 Å². The first-order valence-corrected chi connectivity index (χ1v) is 5.72. The summed E-state index contributed by atoms with van der Waals surface area (Å²) in [6, 6.07) is 0.441. The molecule has 76 valence electrons. The minimum atomic E-state index is 0.441. The minimum Gasteiger partial charge on any atom is -0.378 e. The van der Waals surface area contributed by atoms with Crippen molar-refractivity contribution in [2.45, 2.75) is 57.1 Å². The average Bonchev–Trinajstić information content (AvgIpc) is 2.78. The first kappa shape index (κ1) is 9.47. The molecule has 1 saturated carbocycles. The lowest BCUT2D eigenvalue weighted by atomic mass is 10.0. The Morgan fingerprint density at radius 1 is 1.31 bits per heavy atom. The molecule has 2 nitrogen and oxygen atoms in total. The number of ether oxygens (including phenoxy) is 1. The summed E-state index contributed by atoms with van der Waals surface area (Å²) in [6.45, 7) is 0.975. The molecule has 0 aromatic rings. The maximum absolute atomic E-state index is 6.04. The van der Waals surface area contributed by atoms with Gasteiger partial charge in [-0.3, -0.25) is 0 Å². The Balaban J connectivity index is 1.54. The SMILES string of the molecule is NC(CCC1CCCO1)CC1CC1. The molecule has 0 aromatic heterocycles. The van der Waals surface area contributed by atoms with Crippen LogP contribution in [0.1, 0.15) is 44.9 Å². The van der Waals surface area contributed by atoms with Crippen LogP contribution in [0.2, 0.25) is 0 Å². The van der Waals surface area contributed by atoms with E-state index in [4.69, 9.17) is 10.5 Å². The monoisotopic (exact) mass is 183 g/mol. The quantitative estimate of drug-likeness (QED) is 0.708. The van der Waals surface area contributed by atoms with Crippen LogP contribution in [0.25, 0.3) is 0 Å². The largest absolute Gasteiger partial charge is 0.378 e. The van der Waals surface area contributed by atoms with Gasteiger partial charge in [-0.2, -0.15) is 0 Å². The predicted molar refractivity (Wildman–Crippen MR) is 53.5 cm³/mol. The number of hydrogen-bond acceptors (Lipinski definition) is 2. The first-order chi connectivity index (χ1) is 6.34. The lowest BCUT2D eigenvalue weighted by molar-refractivity contribution is 0.100. The van der Waals surface area contributed by atoms with Crippen LogP contribution in [0.3, 0.4) is 0 Å². The van der Waals surface area contributed by atoms with Gasteiger partial charge in [0.15, 0.2) is 0 Å². The molecular weight excluding hydrogens is 162 g/mol. The molecule has 2 heteroatoms. The molecule has 1 aliphatic heterocycles. The summed E-state index contributed by atoms with van der Waals surface area (Å²) >= 11 is 0. The summed E-state index contributed by atoms with van der Waals surface area (Å²) in [5, 5.41) is 0. The van der Waals surface area contributed by atoms with Gasteiger partial charge < -0.3 is 10.5 Å². The Morgan fingerprint density at radius 2 is 2.15 bits per heavy atom. The Bertz CT molecular complexity index is 150. The maximum Gasteiger partial charge on any atom is 0.0576 e. The van der Waals surface area contributed by atoms with Gasteiger partial charge in [0.2, 0.25) is 0 Å². The van der Waals surface area contributed by atoms with E-state index in [9.17, 15) is 0 Å². The van der Waals surface area contributed by atoms with E-state index in [1.54, 1.807) is 0 Å². The Hall–Kier alpha value is -0.0800. The van der Waals surface area contributed by atoms with Gasteiger partial charge in [0, 0.05) is 12.6 Å². The summed E-state index contributed by atoms with van der Waals surface area (Å²) in [7, 11) is 0. The van der Waals surface area contributed by atoms with Crippen molar-refractivity contribution < 1.29 is 4.74 Å². The second-order valence-corrected chi connectivity index (χ2v) is 4.65.